The molecule has 0 aliphatic heterocycles. The summed E-state index contributed by atoms with van der Waals surface area (Å²) in [5, 5.41) is 3.28. The molecule has 0 fully saturated rings. The first-order valence-electron chi connectivity index (χ1n) is 6.78. The zero-order valence-corrected chi connectivity index (χ0v) is 12.8. The Balaban J connectivity index is 2.86. The van der Waals surface area contributed by atoms with Gasteiger partial charge in [0, 0.05) is 20.1 Å². The minimum atomic E-state index is -3.35. The summed E-state index contributed by atoms with van der Waals surface area (Å²) in [5.74, 6) is 0. The molecule has 19 heavy (non-hydrogen) atoms. The van der Waals surface area contributed by atoms with Gasteiger partial charge in [-0.3, -0.25) is 0 Å². The fraction of sp³-hybridized carbons (Fsp3) is 0.571. The fourth-order valence-electron chi connectivity index (χ4n) is 1.84. The third-order valence-corrected chi connectivity index (χ3v) is 4.75. The van der Waals surface area contributed by atoms with Gasteiger partial charge in [0.25, 0.3) is 0 Å². The Hall–Kier alpha value is -0.910. The van der Waals surface area contributed by atoms with Crippen LogP contribution in [0.5, 0.6) is 0 Å². The first kappa shape index (κ1) is 16.1. The van der Waals surface area contributed by atoms with E-state index in [2.05, 4.69) is 12.2 Å². The van der Waals surface area contributed by atoms with Gasteiger partial charge < -0.3 is 5.32 Å². The van der Waals surface area contributed by atoms with Crippen molar-refractivity contribution in [3.8, 4) is 0 Å². The second-order valence-electron chi connectivity index (χ2n) is 4.65. The average molecular weight is 284 g/mol. The molecule has 0 bridgehead atoms. The topological polar surface area (TPSA) is 49.4 Å². The van der Waals surface area contributed by atoms with Crippen molar-refractivity contribution in [2.24, 2.45) is 0 Å². The van der Waals surface area contributed by atoms with Crippen molar-refractivity contribution in [2.75, 3.05) is 20.1 Å². The van der Waals surface area contributed by atoms with E-state index in [1.165, 1.54) is 4.31 Å². The molecule has 0 unspecified atom stereocenters. The van der Waals surface area contributed by atoms with Gasteiger partial charge in [-0.2, -0.15) is 0 Å². The highest BCUT2D eigenvalue weighted by atomic mass is 32.2. The standard InChI is InChI=1S/C14H24N2O2S/c1-4-9-15-12-13-7-6-8-14(11-13)19(17,18)16(3)10-5-2/h6-8,11,15H,4-5,9-10,12H2,1-3H3. The SMILES string of the molecule is CCCNCc1cccc(S(=O)(=O)N(C)CCC)c1. The lowest BCUT2D eigenvalue weighted by molar-refractivity contribution is 0.468. The van der Waals surface area contributed by atoms with Gasteiger partial charge in [0.05, 0.1) is 4.90 Å². The Morgan fingerprint density at radius 3 is 2.58 bits per heavy atom. The largest absolute Gasteiger partial charge is 0.313 e. The van der Waals surface area contributed by atoms with Crippen molar-refractivity contribution in [1.82, 2.24) is 9.62 Å². The van der Waals surface area contributed by atoms with Gasteiger partial charge in [0.1, 0.15) is 0 Å². The molecule has 0 amide bonds. The van der Waals surface area contributed by atoms with Crippen molar-refractivity contribution in [3.05, 3.63) is 29.8 Å². The minimum absolute atomic E-state index is 0.374. The second kappa shape index (κ2) is 7.62. The van der Waals surface area contributed by atoms with Crippen LogP contribution in [0, 0.1) is 0 Å². The van der Waals surface area contributed by atoms with E-state index >= 15 is 0 Å². The molecule has 0 heterocycles. The molecule has 0 saturated carbocycles. The van der Waals surface area contributed by atoms with Crippen molar-refractivity contribution in [2.45, 2.75) is 38.1 Å². The van der Waals surface area contributed by atoms with Gasteiger partial charge >= 0.3 is 0 Å². The summed E-state index contributed by atoms with van der Waals surface area (Å²) < 4.78 is 26.0. The van der Waals surface area contributed by atoms with Gasteiger partial charge in [0.15, 0.2) is 0 Å². The monoisotopic (exact) mass is 284 g/mol. The van der Waals surface area contributed by atoms with E-state index in [1.54, 1.807) is 25.2 Å². The summed E-state index contributed by atoms with van der Waals surface area (Å²) >= 11 is 0. The zero-order valence-electron chi connectivity index (χ0n) is 12.0. The van der Waals surface area contributed by atoms with Crippen LogP contribution in [0.1, 0.15) is 32.3 Å². The van der Waals surface area contributed by atoms with Crippen LogP contribution in [0.15, 0.2) is 29.2 Å². The van der Waals surface area contributed by atoms with Gasteiger partial charge in [0.2, 0.25) is 10.0 Å². The second-order valence-corrected chi connectivity index (χ2v) is 6.70. The van der Waals surface area contributed by atoms with Gasteiger partial charge in [-0.15, -0.1) is 0 Å². The van der Waals surface area contributed by atoms with E-state index in [4.69, 9.17) is 0 Å². The normalized spacial score (nSPS) is 12.0. The van der Waals surface area contributed by atoms with Crippen LogP contribution >= 0.6 is 0 Å². The summed E-state index contributed by atoms with van der Waals surface area (Å²) in [6.45, 7) is 6.26. The lowest BCUT2D eigenvalue weighted by Crippen LogP contribution is -2.27. The quantitative estimate of drug-likeness (QED) is 0.745. The molecule has 1 N–H and O–H groups in total. The van der Waals surface area contributed by atoms with Gasteiger partial charge in [-0.1, -0.05) is 26.0 Å². The Morgan fingerprint density at radius 2 is 1.95 bits per heavy atom. The molecule has 0 aliphatic rings. The highest BCUT2D eigenvalue weighted by Crippen LogP contribution is 2.16. The number of nitrogens with zero attached hydrogens (tertiary/aromatic N) is 1. The number of hydrogen-bond acceptors (Lipinski definition) is 3. The van der Waals surface area contributed by atoms with E-state index in [-0.39, 0.29) is 0 Å². The summed E-state index contributed by atoms with van der Waals surface area (Å²) in [7, 11) is -1.72. The smallest absolute Gasteiger partial charge is 0.242 e. The van der Waals surface area contributed by atoms with Crippen LogP contribution in [0.4, 0.5) is 0 Å². The third kappa shape index (κ3) is 4.60. The highest BCUT2D eigenvalue weighted by Gasteiger charge is 2.19. The van der Waals surface area contributed by atoms with Crippen LogP contribution in [0.3, 0.4) is 0 Å². The van der Waals surface area contributed by atoms with Crippen LogP contribution < -0.4 is 5.32 Å². The maximum atomic E-state index is 12.3. The lowest BCUT2D eigenvalue weighted by atomic mass is 10.2. The van der Waals surface area contributed by atoms with Gasteiger partial charge in [-0.25, -0.2) is 12.7 Å². The molecule has 1 aromatic carbocycles. The number of sulfonamides is 1. The van der Waals surface area contributed by atoms with E-state index < -0.39 is 10.0 Å². The number of nitrogens with one attached hydrogen (secondary N) is 1. The predicted molar refractivity (Wildman–Crippen MR) is 78.5 cm³/mol. The maximum absolute atomic E-state index is 12.3. The van der Waals surface area contributed by atoms with E-state index in [1.807, 2.05) is 13.0 Å². The molecule has 0 spiro atoms. The van der Waals surface area contributed by atoms with E-state index in [9.17, 15) is 8.42 Å². The van der Waals surface area contributed by atoms with Gasteiger partial charge in [-0.05, 0) is 37.1 Å². The lowest BCUT2D eigenvalue weighted by Gasteiger charge is -2.16. The van der Waals surface area contributed by atoms with Crippen molar-refractivity contribution >= 4 is 10.0 Å². The maximum Gasteiger partial charge on any atom is 0.242 e. The Labute approximate surface area is 116 Å². The summed E-state index contributed by atoms with van der Waals surface area (Å²) in [6, 6.07) is 7.16. The molecule has 0 radical (unpaired) electrons. The fourth-order valence-corrected chi connectivity index (χ4v) is 3.17. The molecule has 4 nitrogen and oxygen atoms in total. The van der Waals surface area contributed by atoms with Crippen molar-refractivity contribution in [3.63, 3.8) is 0 Å². The Morgan fingerprint density at radius 1 is 1.21 bits per heavy atom. The van der Waals surface area contributed by atoms with Crippen molar-refractivity contribution in [1.29, 1.82) is 0 Å². The van der Waals surface area contributed by atoms with E-state index in [0.29, 0.717) is 18.0 Å². The van der Waals surface area contributed by atoms with Crippen LogP contribution in [0.2, 0.25) is 0 Å². The molecule has 108 valence electrons. The van der Waals surface area contributed by atoms with Crippen LogP contribution in [0.25, 0.3) is 0 Å². The molecule has 0 aliphatic carbocycles. The first-order chi connectivity index (χ1) is 9.02. The molecule has 1 aromatic rings. The first-order valence-corrected chi connectivity index (χ1v) is 8.22. The zero-order chi connectivity index (χ0) is 14.3. The Bertz CT molecular complexity index is 486. The highest BCUT2D eigenvalue weighted by molar-refractivity contribution is 7.89. The summed E-state index contributed by atoms with van der Waals surface area (Å²) in [6.07, 6.45) is 1.88. The minimum Gasteiger partial charge on any atom is -0.313 e. The molecule has 1 rings (SSSR count). The summed E-state index contributed by atoms with van der Waals surface area (Å²) in [5.41, 5.74) is 0.999. The Kier molecular flexibility index (Phi) is 6.48. The summed E-state index contributed by atoms with van der Waals surface area (Å²) in [4.78, 5) is 0.374. The van der Waals surface area contributed by atoms with Crippen LogP contribution in [-0.2, 0) is 16.6 Å². The molecule has 0 saturated heterocycles. The van der Waals surface area contributed by atoms with E-state index in [0.717, 1.165) is 24.9 Å². The number of rotatable bonds is 8. The molecule has 5 heteroatoms. The van der Waals surface area contributed by atoms with Crippen molar-refractivity contribution < 1.29 is 8.42 Å². The van der Waals surface area contributed by atoms with Crippen LogP contribution in [-0.4, -0.2) is 32.9 Å². The molecular formula is C14H24N2O2S. The predicted octanol–water partition coefficient (Wildman–Crippen LogP) is 2.22. The average Bonchev–Trinajstić information content (AvgIpc) is 2.39. The number of hydrogen-bond donors (Lipinski definition) is 1. The molecule has 0 aromatic heterocycles. The number of benzene rings is 1. The third-order valence-electron chi connectivity index (χ3n) is 2.90. The molecule has 0 atom stereocenters. The molecular weight excluding hydrogens is 260 g/mol.